The first kappa shape index (κ1) is 17.8. The van der Waals surface area contributed by atoms with Crippen LogP contribution in [0.1, 0.15) is 26.4 Å². The van der Waals surface area contributed by atoms with Crippen LogP contribution in [-0.4, -0.2) is 33.7 Å². The number of benzene rings is 2. The molecule has 0 N–H and O–H groups in total. The highest BCUT2D eigenvalue weighted by molar-refractivity contribution is 7.13. The summed E-state index contributed by atoms with van der Waals surface area (Å²) in [6.07, 6.45) is 0. The summed E-state index contributed by atoms with van der Waals surface area (Å²) >= 11 is 1.38. The lowest BCUT2D eigenvalue weighted by Crippen LogP contribution is -2.29. The number of carbonyl (C=O) groups is 2. The van der Waals surface area contributed by atoms with Crippen LogP contribution in [0.15, 0.2) is 47.8 Å². The second kappa shape index (κ2) is 6.86. The van der Waals surface area contributed by atoms with E-state index in [4.69, 9.17) is 4.74 Å². The minimum atomic E-state index is -0.678. The number of carbonyl (C=O) groups excluding carboxylic acids is 2. The number of rotatable bonds is 5. The highest BCUT2D eigenvalue weighted by Crippen LogP contribution is 2.32. The molecule has 0 bridgehead atoms. The molecule has 3 aromatic rings. The third-order valence-electron chi connectivity index (χ3n) is 4.36. The molecule has 140 valence electrons. The van der Waals surface area contributed by atoms with E-state index in [-0.39, 0.29) is 23.4 Å². The first-order chi connectivity index (χ1) is 13.5. The first-order valence-corrected chi connectivity index (χ1v) is 9.10. The van der Waals surface area contributed by atoms with Crippen molar-refractivity contribution in [3.05, 3.63) is 74.8 Å². The fourth-order valence-corrected chi connectivity index (χ4v) is 3.85. The van der Waals surface area contributed by atoms with Gasteiger partial charge in [-0.1, -0.05) is 18.2 Å². The Morgan fingerprint density at radius 1 is 1.18 bits per heavy atom. The average molecular weight is 395 g/mol. The molecule has 2 amide bonds. The minimum absolute atomic E-state index is 0.0439. The number of methoxy groups -OCH3 is 1. The minimum Gasteiger partial charge on any atom is -0.497 e. The molecule has 4 rings (SSSR count). The van der Waals surface area contributed by atoms with Gasteiger partial charge in [0.1, 0.15) is 16.3 Å². The Hall–Kier alpha value is -3.59. The van der Waals surface area contributed by atoms with E-state index in [2.05, 4.69) is 4.98 Å². The molecule has 0 fully saturated rings. The zero-order chi connectivity index (χ0) is 19.8. The van der Waals surface area contributed by atoms with Crippen molar-refractivity contribution in [3.63, 3.8) is 0 Å². The van der Waals surface area contributed by atoms with Crippen LogP contribution in [0.4, 0.5) is 5.69 Å². The van der Waals surface area contributed by atoms with Crippen LogP contribution in [0, 0.1) is 10.1 Å². The largest absolute Gasteiger partial charge is 0.497 e. The molecule has 0 aliphatic carbocycles. The summed E-state index contributed by atoms with van der Waals surface area (Å²) in [6.45, 7) is -0.0516. The van der Waals surface area contributed by atoms with E-state index in [0.29, 0.717) is 11.4 Å². The van der Waals surface area contributed by atoms with Crippen LogP contribution >= 0.6 is 11.3 Å². The Bertz CT molecular complexity index is 1120. The Balaban J connectivity index is 1.61. The molecule has 0 saturated carbocycles. The Morgan fingerprint density at radius 2 is 1.96 bits per heavy atom. The summed E-state index contributed by atoms with van der Waals surface area (Å²) in [5.41, 5.74) is 0.894. The van der Waals surface area contributed by atoms with Crippen LogP contribution < -0.4 is 4.74 Å². The number of fused-ring (bicyclic) bond motifs is 1. The molecule has 9 heteroatoms. The van der Waals surface area contributed by atoms with Crippen molar-refractivity contribution >= 4 is 28.8 Å². The second-order valence-corrected chi connectivity index (χ2v) is 6.89. The second-order valence-electron chi connectivity index (χ2n) is 6.03. The smallest absolute Gasteiger partial charge is 0.282 e. The molecule has 0 unspecified atom stereocenters. The zero-order valence-electron chi connectivity index (χ0n) is 14.6. The van der Waals surface area contributed by atoms with Gasteiger partial charge in [0.05, 0.1) is 29.8 Å². The lowest BCUT2D eigenvalue weighted by Gasteiger charge is -2.11. The van der Waals surface area contributed by atoms with Gasteiger partial charge in [-0.2, -0.15) is 0 Å². The normalized spacial score (nSPS) is 13.0. The predicted molar refractivity (Wildman–Crippen MR) is 101 cm³/mol. The molecule has 1 aliphatic rings. The number of nitrogens with zero attached hydrogens (tertiary/aromatic N) is 3. The topological polar surface area (TPSA) is 103 Å². The van der Waals surface area contributed by atoms with E-state index >= 15 is 0 Å². The molecule has 2 aromatic carbocycles. The molecule has 28 heavy (non-hydrogen) atoms. The maximum absolute atomic E-state index is 12.7. The number of ether oxygens (including phenoxy) is 1. The van der Waals surface area contributed by atoms with Crippen LogP contribution in [0.5, 0.6) is 5.75 Å². The molecule has 1 aliphatic heterocycles. The Morgan fingerprint density at radius 3 is 2.71 bits per heavy atom. The lowest BCUT2D eigenvalue weighted by molar-refractivity contribution is -0.385. The summed E-state index contributed by atoms with van der Waals surface area (Å²) in [5.74, 6) is -0.537. The van der Waals surface area contributed by atoms with Gasteiger partial charge in [0.25, 0.3) is 17.5 Å². The van der Waals surface area contributed by atoms with E-state index < -0.39 is 16.7 Å². The lowest BCUT2D eigenvalue weighted by atomic mass is 10.1. The van der Waals surface area contributed by atoms with Crippen LogP contribution in [0.2, 0.25) is 0 Å². The average Bonchev–Trinajstić information content (AvgIpc) is 3.27. The van der Waals surface area contributed by atoms with Crippen molar-refractivity contribution in [2.75, 3.05) is 7.11 Å². The van der Waals surface area contributed by atoms with Gasteiger partial charge >= 0.3 is 0 Å². The number of aromatic nitrogens is 1. The van der Waals surface area contributed by atoms with Crippen molar-refractivity contribution in [3.8, 4) is 16.3 Å². The fourth-order valence-electron chi connectivity index (χ4n) is 3.04. The van der Waals surface area contributed by atoms with Gasteiger partial charge in [0, 0.05) is 17.0 Å². The van der Waals surface area contributed by atoms with Gasteiger partial charge in [-0.05, 0) is 18.2 Å². The van der Waals surface area contributed by atoms with Crippen molar-refractivity contribution in [1.29, 1.82) is 0 Å². The van der Waals surface area contributed by atoms with Gasteiger partial charge in [-0.15, -0.1) is 11.3 Å². The molecule has 0 atom stereocenters. The number of nitro groups is 1. The van der Waals surface area contributed by atoms with Gasteiger partial charge in [-0.25, -0.2) is 4.98 Å². The molecule has 8 nitrogen and oxygen atoms in total. The van der Waals surface area contributed by atoms with Gasteiger partial charge in [0.15, 0.2) is 0 Å². The predicted octanol–water partition coefficient (Wildman–Crippen LogP) is 3.52. The third-order valence-corrected chi connectivity index (χ3v) is 5.30. The molecular weight excluding hydrogens is 382 g/mol. The highest BCUT2D eigenvalue weighted by atomic mass is 32.1. The van der Waals surface area contributed by atoms with Crippen molar-refractivity contribution in [2.45, 2.75) is 6.54 Å². The summed E-state index contributed by atoms with van der Waals surface area (Å²) in [7, 11) is 1.58. The highest BCUT2D eigenvalue weighted by Gasteiger charge is 2.41. The Labute approximate surface area is 163 Å². The van der Waals surface area contributed by atoms with Gasteiger partial charge in [-0.3, -0.25) is 24.6 Å². The molecule has 0 radical (unpaired) electrons. The third kappa shape index (κ3) is 2.91. The van der Waals surface area contributed by atoms with Crippen LogP contribution in [0.25, 0.3) is 10.6 Å². The van der Waals surface area contributed by atoms with E-state index in [1.54, 1.807) is 12.5 Å². The van der Waals surface area contributed by atoms with Crippen molar-refractivity contribution in [1.82, 2.24) is 9.88 Å². The number of thiazole rings is 1. The van der Waals surface area contributed by atoms with Gasteiger partial charge in [0.2, 0.25) is 0 Å². The molecule has 2 heterocycles. The molecule has 0 spiro atoms. The van der Waals surface area contributed by atoms with E-state index in [1.807, 2.05) is 24.3 Å². The summed E-state index contributed by atoms with van der Waals surface area (Å²) in [5, 5.41) is 13.7. The maximum Gasteiger partial charge on any atom is 0.282 e. The van der Waals surface area contributed by atoms with E-state index in [0.717, 1.165) is 15.5 Å². The quantitative estimate of drug-likeness (QED) is 0.372. The number of imide groups is 1. The molecule has 1 aromatic heterocycles. The maximum atomic E-state index is 12.7. The zero-order valence-corrected chi connectivity index (χ0v) is 15.4. The van der Waals surface area contributed by atoms with Crippen LogP contribution in [0.3, 0.4) is 0 Å². The van der Waals surface area contributed by atoms with E-state index in [9.17, 15) is 19.7 Å². The van der Waals surface area contributed by atoms with Crippen LogP contribution in [-0.2, 0) is 6.54 Å². The summed E-state index contributed by atoms with van der Waals surface area (Å²) in [6, 6.07) is 11.4. The summed E-state index contributed by atoms with van der Waals surface area (Å²) in [4.78, 5) is 41.3. The number of hydrogen-bond donors (Lipinski definition) is 0. The standard InChI is InChI=1S/C19H13N3O5S/c1-27-13-5-2-4-11(8-13)17-20-12(10-28-17)9-21-18(23)14-6-3-7-15(22(25)26)16(14)19(21)24/h2-8,10H,9H2,1H3. The molecular formula is C19H13N3O5S. The SMILES string of the molecule is COc1cccc(-c2nc(CN3C(=O)c4cccc([N+](=O)[O-])c4C3=O)cs2)c1. The number of nitro benzene ring substituents is 1. The Kier molecular flexibility index (Phi) is 4.36. The monoisotopic (exact) mass is 395 g/mol. The van der Waals surface area contributed by atoms with Gasteiger partial charge < -0.3 is 4.74 Å². The first-order valence-electron chi connectivity index (χ1n) is 8.22. The number of amides is 2. The number of hydrogen-bond acceptors (Lipinski definition) is 7. The molecule has 0 saturated heterocycles. The fraction of sp³-hybridized carbons (Fsp3) is 0.105. The van der Waals surface area contributed by atoms with Crippen molar-refractivity contribution in [2.24, 2.45) is 0 Å². The summed E-state index contributed by atoms with van der Waals surface area (Å²) < 4.78 is 5.21. The van der Waals surface area contributed by atoms with E-state index in [1.165, 1.54) is 29.5 Å². The van der Waals surface area contributed by atoms with Crippen molar-refractivity contribution < 1.29 is 19.2 Å².